The molecule has 3 unspecified atom stereocenters. The Bertz CT molecular complexity index is 482. The lowest BCUT2D eigenvalue weighted by atomic mass is 9.78. The highest BCUT2D eigenvalue weighted by Crippen LogP contribution is 2.40. The van der Waals surface area contributed by atoms with Gasteiger partial charge in [-0.1, -0.05) is 30.2 Å². The van der Waals surface area contributed by atoms with Gasteiger partial charge in [-0.25, -0.2) is 0 Å². The van der Waals surface area contributed by atoms with Gasteiger partial charge in [-0.05, 0) is 49.8 Å². The first kappa shape index (κ1) is 14.4. The summed E-state index contributed by atoms with van der Waals surface area (Å²) in [6, 6.07) is 5.41. The largest absolute Gasteiger partial charge is 0.496 e. The van der Waals surface area contributed by atoms with Gasteiger partial charge in [-0.15, -0.1) is 0 Å². The molecule has 0 heterocycles. The van der Waals surface area contributed by atoms with Crippen LogP contribution in [0.2, 0.25) is 5.02 Å². The number of benzene rings is 1. The summed E-state index contributed by atoms with van der Waals surface area (Å²) in [5, 5.41) is 11.3. The van der Waals surface area contributed by atoms with Crippen LogP contribution in [0.15, 0.2) is 29.8 Å². The van der Waals surface area contributed by atoms with Crippen LogP contribution in [0, 0.1) is 11.8 Å². The molecule has 2 nitrogen and oxygen atoms in total. The van der Waals surface area contributed by atoms with Crippen molar-refractivity contribution in [1.29, 1.82) is 0 Å². The average molecular weight is 281 g/mol. The highest BCUT2D eigenvalue weighted by Gasteiger charge is 2.28. The van der Waals surface area contributed by atoms with Crippen molar-refractivity contribution in [3.05, 3.63) is 40.4 Å². The Morgan fingerprint density at radius 2 is 2.16 bits per heavy atom. The van der Waals surface area contributed by atoms with Crippen molar-refractivity contribution in [3.8, 4) is 5.75 Å². The van der Waals surface area contributed by atoms with E-state index in [1.165, 1.54) is 5.57 Å². The molecule has 0 radical (unpaired) electrons. The summed E-state index contributed by atoms with van der Waals surface area (Å²) < 4.78 is 5.33. The van der Waals surface area contributed by atoms with Crippen molar-refractivity contribution in [3.63, 3.8) is 0 Å². The Balaban J connectivity index is 2.26. The molecule has 0 saturated carbocycles. The molecule has 3 heteroatoms. The lowest BCUT2D eigenvalue weighted by Gasteiger charge is -2.30. The lowest BCUT2D eigenvalue weighted by Crippen LogP contribution is -2.19. The second-order valence-electron chi connectivity index (χ2n) is 5.52. The first-order valence-corrected chi connectivity index (χ1v) is 7.08. The molecule has 19 heavy (non-hydrogen) atoms. The molecule has 3 atom stereocenters. The van der Waals surface area contributed by atoms with Crippen LogP contribution in [0.5, 0.6) is 5.75 Å². The van der Waals surface area contributed by atoms with Crippen molar-refractivity contribution >= 4 is 11.6 Å². The molecule has 0 fully saturated rings. The third-order valence-corrected chi connectivity index (χ3v) is 4.02. The molecular weight excluding hydrogens is 260 g/mol. The summed E-state index contributed by atoms with van der Waals surface area (Å²) in [5.41, 5.74) is 2.14. The Morgan fingerprint density at radius 3 is 2.79 bits per heavy atom. The normalized spacial score (nSPS) is 24.8. The van der Waals surface area contributed by atoms with Gasteiger partial charge in [-0.2, -0.15) is 0 Å². The third kappa shape index (κ3) is 3.31. The van der Waals surface area contributed by atoms with Gasteiger partial charge in [0.1, 0.15) is 5.75 Å². The topological polar surface area (TPSA) is 29.5 Å². The Hall–Kier alpha value is -0.990. The summed E-state index contributed by atoms with van der Waals surface area (Å²) >= 11 is 6.04. The molecule has 1 aliphatic rings. The van der Waals surface area contributed by atoms with Crippen molar-refractivity contribution in [2.24, 2.45) is 11.8 Å². The van der Waals surface area contributed by atoms with Crippen LogP contribution >= 0.6 is 11.6 Å². The van der Waals surface area contributed by atoms with E-state index < -0.39 is 6.10 Å². The van der Waals surface area contributed by atoms with Gasteiger partial charge >= 0.3 is 0 Å². The van der Waals surface area contributed by atoms with Crippen LogP contribution < -0.4 is 4.74 Å². The minimum atomic E-state index is -0.528. The number of ether oxygens (including phenoxy) is 1. The summed E-state index contributed by atoms with van der Waals surface area (Å²) in [4.78, 5) is 0. The highest BCUT2D eigenvalue weighted by molar-refractivity contribution is 6.30. The van der Waals surface area contributed by atoms with Crippen LogP contribution in [0.4, 0.5) is 0 Å². The third-order valence-electron chi connectivity index (χ3n) is 3.78. The molecular formula is C16H21ClO2. The first-order valence-electron chi connectivity index (χ1n) is 6.70. The number of methoxy groups -OCH3 is 1. The molecule has 1 aliphatic carbocycles. The van der Waals surface area contributed by atoms with Crippen LogP contribution in [0.25, 0.3) is 0 Å². The second kappa shape index (κ2) is 5.98. The van der Waals surface area contributed by atoms with E-state index in [2.05, 4.69) is 19.9 Å². The predicted molar refractivity (Wildman–Crippen MR) is 78.6 cm³/mol. The second-order valence-corrected chi connectivity index (χ2v) is 5.96. The van der Waals surface area contributed by atoms with Crippen molar-refractivity contribution in [2.45, 2.75) is 32.8 Å². The summed E-state index contributed by atoms with van der Waals surface area (Å²) in [5.74, 6) is 1.45. The molecule has 1 N–H and O–H groups in total. The quantitative estimate of drug-likeness (QED) is 0.833. The van der Waals surface area contributed by atoms with Crippen molar-refractivity contribution < 1.29 is 9.84 Å². The van der Waals surface area contributed by atoms with E-state index in [0.717, 1.165) is 18.4 Å². The molecule has 0 aromatic heterocycles. The van der Waals surface area contributed by atoms with E-state index in [-0.39, 0.29) is 5.92 Å². The molecule has 1 aromatic rings. The molecule has 0 spiro atoms. The summed E-state index contributed by atoms with van der Waals surface area (Å²) in [6.45, 7) is 4.32. The van der Waals surface area contributed by atoms with Crippen LogP contribution in [-0.2, 0) is 0 Å². The van der Waals surface area contributed by atoms with Gasteiger partial charge in [0.25, 0.3) is 0 Å². The first-order chi connectivity index (χ1) is 9.01. The average Bonchev–Trinajstić information content (AvgIpc) is 2.36. The Labute approximate surface area is 120 Å². The van der Waals surface area contributed by atoms with E-state index in [1.54, 1.807) is 13.2 Å². The van der Waals surface area contributed by atoms with Gasteiger partial charge in [0, 0.05) is 10.6 Å². The number of aliphatic hydroxyl groups excluding tert-OH is 1. The minimum absolute atomic E-state index is 0.229. The van der Waals surface area contributed by atoms with Crippen LogP contribution in [-0.4, -0.2) is 12.2 Å². The van der Waals surface area contributed by atoms with Gasteiger partial charge in [0.05, 0.1) is 13.2 Å². The standard InChI is InChI=1S/C16H21ClO2/c1-10-6-11(2)8-12(7-10)16(18)14-9-13(17)4-5-15(14)19-3/h4-6,9-10,12,16,18H,7-8H2,1-3H3. The smallest absolute Gasteiger partial charge is 0.124 e. The maximum Gasteiger partial charge on any atom is 0.124 e. The lowest BCUT2D eigenvalue weighted by molar-refractivity contribution is 0.0907. The number of allylic oxidation sites excluding steroid dienone is 2. The molecule has 2 rings (SSSR count). The van der Waals surface area contributed by atoms with Gasteiger partial charge in [0.2, 0.25) is 0 Å². The van der Waals surface area contributed by atoms with Crippen molar-refractivity contribution in [1.82, 2.24) is 0 Å². The van der Waals surface area contributed by atoms with Gasteiger partial charge in [0.15, 0.2) is 0 Å². The molecule has 104 valence electrons. The zero-order valence-corrected chi connectivity index (χ0v) is 12.4. The maximum absolute atomic E-state index is 10.7. The number of rotatable bonds is 3. The molecule has 0 bridgehead atoms. The Morgan fingerprint density at radius 1 is 1.42 bits per heavy atom. The highest BCUT2D eigenvalue weighted by atomic mass is 35.5. The molecule has 0 saturated heterocycles. The van der Waals surface area contributed by atoms with E-state index in [4.69, 9.17) is 16.3 Å². The monoisotopic (exact) mass is 280 g/mol. The summed E-state index contributed by atoms with van der Waals surface area (Å²) in [6.07, 6.45) is 3.69. The summed E-state index contributed by atoms with van der Waals surface area (Å²) in [7, 11) is 1.62. The zero-order valence-electron chi connectivity index (χ0n) is 11.7. The van der Waals surface area contributed by atoms with Gasteiger partial charge in [-0.3, -0.25) is 0 Å². The fraction of sp³-hybridized carbons (Fsp3) is 0.500. The van der Waals surface area contributed by atoms with E-state index in [9.17, 15) is 5.11 Å². The Kier molecular flexibility index (Phi) is 4.54. The number of hydrogen-bond acceptors (Lipinski definition) is 2. The van der Waals surface area contributed by atoms with Crippen LogP contribution in [0.1, 0.15) is 38.4 Å². The fourth-order valence-electron chi connectivity index (χ4n) is 3.03. The molecule has 0 amide bonds. The molecule has 0 aliphatic heterocycles. The van der Waals surface area contributed by atoms with Crippen LogP contribution in [0.3, 0.4) is 0 Å². The van der Waals surface area contributed by atoms with E-state index >= 15 is 0 Å². The SMILES string of the molecule is COc1ccc(Cl)cc1C(O)C1CC(C)=CC(C)C1. The minimum Gasteiger partial charge on any atom is -0.496 e. The predicted octanol–water partition coefficient (Wildman–Crippen LogP) is 4.37. The fourth-order valence-corrected chi connectivity index (χ4v) is 3.21. The van der Waals surface area contributed by atoms with E-state index in [0.29, 0.717) is 16.7 Å². The van der Waals surface area contributed by atoms with Crippen molar-refractivity contribution in [2.75, 3.05) is 7.11 Å². The molecule has 1 aromatic carbocycles. The number of halogens is 1. The number of hydrogen-bond donors (Lipinski definition) is 1. The van der Waals surface area contributed by atoms with Gasteiger partial charge < -0.3 is 9.84 Å². The maximum atomic E-state index is 10.7. The zero-order chi connectivity index (χ0) is 14.0. The van der Waals surface area contributed by atoms with E-state index in [1.807, 2.05) is 12.1 Å². The number of aliphatic hydroxyl groups is 1.